The monoisotopic (exact) mass is 1370 g/mol. The molecule has 0 aliphatic carbocycles. The second-order valence-electron chi connectivity index (χ2n) is 20.3. The first-order chi connectivity index (χ1) is 45.7. The summed E-state index contributed by atoms with van der Waals surface area (Å²) in [7, 11) is 0. The lowest BCUT2D eigenvalue weighted by Crippen LogP contribution is -2.30. The first kappa shape index (κ1) is 70.5. The van der Waals surface area contributed by atoms with Crippen LogP contribution in [-0.2, 0) is 5.41 Å². The fourth-order valence-corrected chi connectivity index (χ4v) is 10.4. The summed E-state index contributed by atoms with van der Waals surface area (Å²) in [6, 6.07) is 110. The van der Waals surface area contributed by atoms with E-state index in [1.54, 1.807) is 0 Å². The number of hydrogen-bond acceptors (Lipinski definition) is 4. The van der Waals surface area contributed by atoms with E-state index in [-0.39, 0.29) is 21.4 Å². The summed E-state index contributed by atoms with van der Waals surface area (Å²) in [5, 5.41) is 0.778. The van der Waals surface area contributed by atoms with Crippen molar-refractivity contribution in [2.75, 3.05) is 21.4 Å². The molecule has 12 aromatic carbocycles. The van der Waals surface area contributed by atoms with Gasteiger partial charge < -0.3 is 0 Å². The average molecular weight is 1380 g/mol. The highest BCUT2D eigenvalue weighted by atomic mass is 35.5. The van der Waals surface area contributed by atoms with E-state index in [1.165, 1.54) is 44.5 Å². The van der Waals surface area contributed by atoms with Crippen LogP contribution in [0.3, 0.4) is 0 Å². The number of halogens is 8. The molecule has 0 atom stereocenters. The van der Waals surface area contributed by atoms with Crippen LogP contribution in [0.4, 0.5) is 22.7 Å². The molecule has 0 aliphatic rings. The second kappa shape index (κ2) is 38.6. The highest BCUT2D eigenvalue weighted by Gasteiger charge is 2.38. The zero-order valence-electron chi connectivity index (χ0n) is 50.5. The number of hydrogen-bond donors (Lipinski definition) is 0. The van der Waals surface area contributed by atoms with Crippen LogP contribution in [0, 0.1) is 0 Å². The summed E-state index contributed by atoms with van der Waals surface area (Å²) in [5.41, 5.74) is 20.5. The predicted octanol–water partition coefficient (Wildman–Crippen LogP) is 25.4. The van der Waals surface area contributed by atoms with Crippen LogP contribution in [0.15, 0.2) is 335 Å². The molecule has 12 rings (SSSR count). The van der Waals surface area contributed by atoms with Crippen LogP contribution < -0.4 is 0 Å². The average Bonchev–Trinajstić information content (AvgIpc) is 0.741. The van der Waals surface area contributed by atoms with E-state index in [4.69, 9.17) is 113 Å². The molecule has 0 saturated heterocycles. The Hall–Kier alpha value is -8.36. The van der Waals surface area contributed by atoms with Crippen LogP contribution in [0.25, 0.3) is 44.5 Å². The molecule has 0 N–H and O–H groups in total. The molecule has 12 aromatic rings. The number of aliphatic imine (C=N–C) groups is 4. The van der Waals surface area contributed by atoms with Crippen molar-refractivity contribution in [1.29, 1.82) is 0 Å². The van der Waals surface area contributed by atoms with Gasteiger partial charge in [-0.05, 0) is 138 Å². The van der Waals surface area contributed by atoms with Crippen molar-refractivity contribution in [3.63, 3.8) is 0 Å². The standard InChI is InChI=1S/C77H56N4.4CH2Cl2/c1-5-13-61(14-6-1)65-29-21-57(22-30-65)53-78-73-45-37-69(38-46-73)77(70-39-47-74(48-40-70)79-54-58-23-31-66(32-24-58)62-15-7-2-8-16-62,71-41-49-75(50-42-71)80-55-59-25-33-67(34-26-59)63-17-9-3-10-18-63)72-43-51-76(52-44-72)81-56-60-27-35-68(36-28-60)64-19-11-4-12-20-64;4*2-1-3/h1-56H;4*1H2. The Balaban J connectivity index is 0.000000862. The zero-order valence-corrected chi connectivity index (χ0v) is 56.5. The minimum absolute atomic E-state index is 0.194. The van der Waals surface area contributed by atoms with Crippen molar-refractivity contribution in [3.05, 3.63) is 360 Å². The van der Waals surface area contributed by atoms with Gasteiger partial charge in [-0.2, -0.15) is 0 Å². The van der Waals surface area contributed by atoms with Gasteiger partial charge in [-0.3, -0.25) is 20.0 Å². The van der Waals surface area contributed by atoms with Crippen molar-refractivity contribution in [1.82, 2.24) is 0 Å². The molecule has 12 heteroatoms. The van der Waals surface area contributed by atoms with E-state index in [2.05, 4.69) is 291 Å². The first-order valence-corrected chi connectivity index (χ1v) is 33.7. The molecular formula is C81H64Cl8N4. The molecule has 464 valence electrons. The molecule has 0 saturated carbocycles. The molecule has 0 amide bonds. The molecule has 0 spiro atoms. The topological polar surface area (TPSA) is 49.4 Å². The lowest BCUT2D eigenvalue weighted by molar-refractivity contribution is 0.745. The predicted molar refractivity (Wildman–Crippen MR) is 408 cm³/mol. The molecule has 4 nitrogen and oxygen atoms in total. The van der Waals surface area contributed by atoms with Crippen molar-refractivity contribution in [2.45, 2.75) is 5.41 Å². The van der Waals surface area contributed by atoms with Crippen LogP contribution in [-0.4, -0.2) is 46.2 Å². The summed E-state index contributed by atoms with van der Waals surface area (Å²) in [4.78, 5) is 19.9. The van der Waals surface area contributed by atoms with Crippen LogP contribution in [0.2, 0.25) is 0 Å². The van der Waals surface area contributed by atoms with Gasteiger partial charge in [-0.1, -0.05) is 267 Å². The Morgan fingerprint density at radius 3 is 0.505 bits per heavy atom. The highest BCUT2D eigenvalue weighted by Crippen LogP contribution is 2.47. The van der Waals surface area contributed by atoms with Gasteiger partial charge in [-0.25, -0.2) is 0 Å². The Labute approximate surface area is 586 Å². The summed E-state index contributed by atoms with van der Waals surface area (Å²) in [6.07, 6.45) is 7.73. The maximum Gasteiger partial charge on any atom is 0.0967 e. The summed E-state index contributed by atoms with van der Waals surface area (Å²) in [6.45, 7) is 0. The van der Waals surface area contributed by atoms with Crippen molar-refractivity contribution in [3.8, 4) is 44.5 Å². The van der Waals surface area contributed by atoms with Gasteiger partial charge in [0, 0.05) is 24.9 Å². The van der Waals surface area contributed by atoms with Gasteiger partial charge in [0.2, 0.25) is 0 Å². The molecule has 0 fully saturated rings. The normalized spacial score (nSPS) is 11.5. The second-order valence-corrected chi connectivity index (χ2v) is 23.6. The molecule has 0 heterocycles. The van der Waals surface area contributed by atoms with Gasteiger partial charge in [0.1, 0.15) is 0 Å². The van der Waals surface area contributed by atoms with E-state index in [0.717, 1.165) is 67.3 Å². The Morgan fingerprint density at radius 1 is 0.194 bits per heavy atom. The van der Waals surface area contributed by atoms with Gasteiger partial charge >= 0.3 is 0 Å². The van der Waals surface area contributed by atoms with Gasteiger partial charge in [-0.15, -0.1) is 92.8 Å². The number of rotatable bonds is 16. The maximum absolute atomic E-state index is 4.98. The SMILES string of the molecule is C(=Nc1ccc(C(c2ccc(N=Cc3ccc(-c4ccccc4)cc3)cc2)(c2ccc(N=Cc3ccc(-c4ccccc4)cc3)cc2)c2ccc(N=Cc3ccc(-c4ccccc4)cc3)cc2)cc1)c1ccc(-c2ccccc2)cc1.ClCCl.ClCCl.ClCCl.ClCCl. The first-order valence-electron chi connectivity index (χ1n) is 29.4. The number of alkyl halides is 8. The van der Waals surface area contributed by atoms with Crippen LogP contribution in [0.1, 0.15) is 44.5 Å². The minimum atomic E-state index is -0.796. The fraction of sp³-hybridized carbons (Fsp3) is 0.0617. The number of nitrogens with zero attached hydrogens (tertiary/aromatic N) is 4. The minimum Gasteiger partial charge on any atom is -0.256 e. The Kier molecular flexibility index (Phi) is 29.3. The molecular weight excluding hydrogens is 1310 g/mol. The van der Waals surface area contributed by atoms with Crippen molar-refractivity contribution < 1.29 is 0 Å². The Morgan fingerprint density at radius 2 is 0.344 bits per heavy atom. The van der Waals surface area contributed by atoms with Crippen molar-refractivity contribution >= 4 is 140 Å². The molecule has 0 bridgehead atoms. The van der Waals surface area contributed by atoms with Crippen molar-refractivity contribution in [2.24, 2.45) is 20.0 Å². The van der Waals surface area contributed by atoms with E-state index in [1.807, 2.05) is 49.1 Å². The molecule has 0 aliphatic heterocycles. The molecule has 93 heavy (non-hydrogen) atoms. The maximum atomic E-state index is 4.98. The number of benzene rings is 12. The van der Waals surface area contributed by atoms with E-state index in [0.29, 0.717) is 0 Å². The third kappa shape index (κ3) is 20.8. The lowest BCUT2D eigenvalue weighted by atomic mass is 9.65. The molecule has 0 radical (unpaired) electrons. The Bertz CT molecular complexity index is 3640. The van der Waals surface area contributed by atoms with Crippen LogP contribution >= 0.6 is 92.8 Å². The van der Waals surface area contributed by atoms with Gasteiger partial charge in [0.05, 0.1) is 49.5 Å². The fourth-order valence-electron chi connectivity index (χ4n) is 10.4. The zero-order chi connectivity index (χ0) is 65.3. The van der Waals surface area contributed by atoms with Crippen LogP contribution in [0.5, 0.6) is 0 Å². The third-order valence-electron chi connectivity index (χ3n) is 14.7. The van der Waals surface area contributed by atoms with Gasteiger partial charge in [0.25, 0.3) is 0 Å². The summed E-state index contributed by atoms with van der Waals surface area (Å²) >= 11 is 38.1. The largest absolute Gasteiger partial charge is 0.256 e. The quantitative estimate of drug-likeness (QED) is 0.0526. The smallest absolute Gasteiger partial charge is 0.0967 e. The van der Waals surface area contributed by atoms with Gasteiger partial charge in [0.15, 0.2) is 0 Å². The summed E-state index contributed by atoms with van der Waals surface area (Å²) in [5.74, 6) is 0. The molecule has 0 aromatic heterocycles. The highest BCUT2D eigenvalue weighted by molar-refractivity contribution is 6.41. The van der Waals surface area contributed by atoms with E-state index >= 15 is 0 Å². The third-order valence-corrected chi connectivity index (χ3v) is 14.7. The van der Waals surface area contributed by atoms with E-state index in [9.17, 15) is 0 Å². The van der Waals surface area contributed by atoms with E-state index < -0.39 is 5.41 Å². The lowest BCUT2D eigenvalue weighted by Gasteiger charge is -2.37. The summed E-state index contributed by atoms with van der Waals surface area (Å²) < 4.78 is 0. The molecule has 0 unspecified atom stereocenters.